The highest BCUT2D eigenvalue weighted by Gasteiger charge is 2.12. The van der Waals surface area contributed by atoms with Gasteiger partial charge >= 0.3 is 0 Å². The highest BCUT2D eigenvalue weighted by atomic mass is 16.5. The van der Waals surface area contributed by atoms with Gasteiger partial charge in [0.25, 0.3) is 0 Å². The average molecular weight is 267 g/mol. The molecule has 0 aromatic heterocycles. The first-order valence-corrected chi connectivity index (χ1v) is 6.70. The summed E-state index contributed by atoms with van der Waals surface area (Å²) in [6, 6.07) is 3.82. The van der Waals surface area contributed by atoms with Crippen molar-refractivity contribution in [3.63, 3.8) is 0 Å². The van der Waals surface area contributed by atoms with Crippen LogP contribution in [0.4, 0.5) is 0 Å². The van der Waals surface area contributed by atoms with Crippen LogP contribution in [-0.4, -0.2) is 34.9 Å². The molecule has 0 aliphatic carbocycles. The molecule has 0 aliphatic heterocycles. The molecule has 1 aromatic rings. The molecule has 0 unspecified atom stereocenters. The lowest BCUT2D eigenvalue weighted by molar-refractivity contribution is 0.368. The van der Waals surface area contributed by atoms with Crippen LogP contribution in [0.1, 0.15) is 24.8 Å². The second kappa shape index (κ2) is 8.64. The Morgan fingerprint density at radius 3 is 2.00 bits per heavy atom. The first kappa shape index (κ1) is 15.6. The Labute approximate surface area is 116 Å². The molecule has 1 aromatic carbocycles. The summed E-state index contributed by atoms with van der Waals surface area (Å²) in [5, 5.41) is 3.16. The fourth-order valence-electron chi connectivity index (χ4n) is 2.10. The maximum atomic E-state index is 5.44. The van der Waals surface area contributed by atoms with Crippen LogP contribution in [0.25, 0.3) is 0 Å². The van der Waals surface area contributed by atoms with Gasteiger partial charge in [-0.05, 0) is 32.9 Å². The molecule has 0 atom stereocenters. The second-order valence-corrected chi connectivity index (χ2v) is 4.42. The molecule has 0 bridgehead atoms. The van der Waals surface area contributed by atoms with Crippen LogP contribution in [0, 0.1) is 0 Å². The van der Waals surface area contributed by atoms with Crippen molar-refractivity contribution in [3.8, 4) is 17.2 Å². The summed E-state index contributed by atoms with van der Waals surface area (Å²) >= 11 is 0. The maximum absolute atomic E-state index is 5.44. The fourth-order valence-corrected chi connectivity index (χ4v) is 2.10. The Hall–Kier alpha value is -1.42. The third kappa shape index (κ3) is 4.63. The summed E-state index contributed by atoms with van der Waals surface area (Å²) in [6.07, 6.45) is 4.47. The molecule has 4 nitrogen and oxygen atoms in total. The van der Waals surface area contributed by atoms with E-state index in [1.807, 2.05) is 19.2 Å². The molecule has 19 heavy (non-hydrogen) atoms. The zero-order valence-electron chi connectivity index (χ0n) is 12.4. The van der Waals surface area contributed by atoms with Crippen molar-refractivity contribution in [2.45, 2.75) is 25.7 Å². The third-order valence-corrected chi connectivity index (χ3v) is 3.17. The van der Waals surface area contributed by atoms with Crippen LogP contribution in [0.2, 0.25) is 0 Å². The molecule has 0 spiro atoms. The van der Waals surface area contributed by atoms with Crippen molar-refractivity contribution < 1.29 is 14.2 Å². The van der Waals surface area contributed by atoms with E-state index in [-0.39, 0.29) is 0 Å². The average Bonchev–Trinajstić information content (AvgIpc) is 2.46. The van der Waals surface area contributed by atoms with Gasteiger partial charge in [-0.25, -0.2) is 0 Å². The normalized spacial score (nSPS) is 10.3. The van der Waals surface area contributed by atoms with Crippen LogP contribution in [-0.2, 0) is 6.42 Å². The van der Waals surface area contributed by atoms with E-state index < -0.39 is 0 Å². The van der Waals surface area contributed by atoms with E-state index in [9.17, 15) is 0 Å². The van der Waals surface area contributed by atoms with Crippen LogP contribution in [0.5, 0.6) is 17.2 Å². The van der Waals surface area contributed by atoms with Crippen molar-refractivity contribution in [3.05, 3.63) is 17.7 Å². The van der Waals surface area contributed by atoms with Crippen LogP contribution < -0.4 is 19.5 Å². The summed E-state index contributed by atoms with van der Waals surface area (Å²) in [4.78, 5) is 0. The highest BCUT2D eigenvalue weighted by molar-refractivity contribution is 5.50. The van der Waals surface area contributed by atoms with Gasteiger partial charge in [-0.3, -0.25) is 0 Å². The highest BCUT2D eigenvalue weighted by Crippen LogP contribution is 2.35. The Bertz CT molecular complexity index is 355. The summed E-state index contributed by atoms with van der Waals surface area (Å²) in [6.45, 7) is 1.07. The molecule has 0 aliphatic rings. The Morgan fingerprint density at radius 1 is 0.895 bits per heavy atom. The predicted octanol–water partition coefficient (Wildman–Crippen LogP) is 2.64. The summed E-state index contributed by atoms with van der Waals surface area (Å²) in [7, 11) is 6.98. The minimum atomic E-state index is 0.757. The zero-order chi connectivity index (χ0) is 14.1. The van der Waals surface area contributed by atoms with Crippen LogP contribution >= 0.6 is 0 Å². The van der Waals surface area contributed by atoms with Crippen LogP contribution in [0.3, 0.4) is 0 Å². The molecular weight excluding hydrogens is 242 g/mol. The van der Waals surface area contributed by atoms with Gasteiger partial charge in [0.05, 0.1) is 21.3 Å². The minimum Gasteiger partial charge on any atom is -0.496 e. The van der Waals surface area contributed by atoms with Gasteiger partial charge < -0.3 is 19.5 Å². The first-order chi connectivity index (χ1) is 9.26. The number of unbranched alkanes of at least 4 members (excludes halogenated alkanes) is 2. The van der Waals surface area contributed by atoms with Gasteiger partial charge in [0.1, 0.15) is 17.2 Å². The lowest BCUT2D eigenvalue weighted by Crippen LogP contribution is -2.07. The van der Waals surface area contributed by atoms with Crippen molar-refractivity contribution in [1.82, 2.24) is 5.32 Å². The smallest absolute Gasteiger partial charge is 0.129 e. The van der Waals surface area contributed by atoms with Crippen LogP contribution in [0.15, 0.2) is 12.1 Å². The molecule has 0 fully saturated rings. The second-order valence-electron chi connectivity index (χ2n) is 4.42. The number of methoxy groups -OCH3 is 3. The van der Waals surface area contributed by atoms with Crippen molar-refractivity contribution in [1.29, 1.82) is 0 Å². The molecule has 108 valence electrons. The molecule has 4 heteroatoms. The molecule has 1 N–H and O–H groups in total. The Kier molecular flexibility index (Phi) is 7.11. The quantitative estimate of drug-likeness (QED) is 0.698. The van der Waals surface area contributed by atoms with Gasteiger partial charge in [0, 0.05) is 17.7 Å². The lowest BCUT2D eigenvalue weighted by Gasteiger charge is -2.15. The Balaban J connectivity index is 2.73. The molecule has 0 saturated carbocycles. The van der Waals surface area contributed by atoms with E-state index in [4.69, 9.17) is 14.2 Å². The van der Waals surface area contributed by atoms with E-state index in [0.717, 1.165) is 42.2 Å². The van der Waals surface area contributed by atoms with Gasteiger partial charge in [-0.1, -0.05) is 6.42 Å². The van der Waals surface area contributed by atoms with Gasteiger partial charge in [-0.2, -0.15) is 0 Å². The summed E-state index contributed by atoms with van der Waals surface area (Å²) < 4.78 is 16.1. The largest absolute Gasteiger partial charge is 0.496 e. The monoisotopic (exact) mass is 267 g/mol. The summed E-state index contributed by atoms with van der Waals surface area (Å²) in [5.74, 6) is 2.43. The van der Waals surface area contributed by atoms with Crippen molar-refractivity contribution >= 4 is 0 Å². The first-order valence-electron chi connectivity index (χ1n) is 6.70. The minimum absolute atomic E-state index is 0.757. The number of benzene rings is 1. The molecule has 0 heterocycles. The molecule has 0 radical (unpaired) electrons. The molecule has 0 amide bonds. The van der Waals surface area contributed by atoms with Gasteiger partial charge in [-0.15, -0.1) is 0 Å². The molecular formula is C15H25NO3. The Morgan fingerprint density at radius 2 is 1.53 bits per heavy atom. The molecule has 1 rings (SSSR count). The van der Waals surface area contributed by atoms with Gasteiger partial charge in [0.2, 0.25) is 0 Å². The van der Waals surface area contributed by atoms with Crippen molar-refractivity contribution in [2.24, 2.45) is 0 Å². The van der Waals surface area contributed by atoms with Gasteiger partial charge in [0.15, 0.2) is 0 Å². The number of rotatable bonds is 9. The van der Waals surface area contributed by atoms with Crippen molar-refractivity contribution in [2.75, 3.05) is 34.9 Å². The topological polar surface area (TPSA) is 39.7 Å². The predicted molar refractivity (Wildman–Crippen MR) is 77.6 cm³/mol. The van der Waals surface area contributed by atoms with E-state index in [2.05, 4.69) is 5.32 Å². The number of nitrogens with one attached hydrogen (secondary N) is 1. The van der Waals surface area contributed by atoms with E-state index in [1.165, 1.54) is 12.8 Å². The standard InChI is InChI=1S/C15H25NO3/c1-16-9-7-5-6-8-13-14(18-3)10-12(17-2)11-15(13)19-4/h10-11,16H,5-9H2,1-4H3. The number of ether oxygens (including phenoxy) is 3. The fraction of sp³-hybridized carbons (Fsp3) is 0.600. The lowest BCUT2D eigenvalue weighted by atomic mass is 10.0. The SMILES string of the molecule is CNCCCCCc1c(OC)cc(OC)cc1OC. The third-order valence-electron chi connectivity index (χ3n) is 3.17. The number of hydrogen-bond acceptors (Lipinski definition) is 4. The number of hydrogen-bond donors (Lipinski definition) is 1. The zero-order valence-corrected chi connectivity index (χ0v) is 12.4. The van der Waals surface area contributed by atoms with E-state index in [0.29, 0.717) is 0 Å². The van der Waals surface area contributed by atoms with E-state index >= 15 is 0 Å². The summed E-state index contributed by atoms with van der Waals surface area (Å²) in [5.41, 5.74) is 1.12. The maximum Gasteiger partial charge on any atom is 0.129 e. The van der Waals surface area contributed by atoms with E-state index in [1.54, 1.807) is 21.3 Å². The molecule has 0 saturated heterocycles.